The van der Waals surface area contributed by atoms with E-state index in [1.807, 2.05) is 13.8 Å². The standard InChI is InChI=1S/C30H52N2O6/c1-7-9-10-11-15-21(14-8-2)18-25(33)32-24-17-13-12-16-22(24)23(28(35)36)19-31-27(34)26-29(3,4)20-37-30(5,6)38-26/h18,22-24,26H,7-17,19-20H2,1-6H3,(H,31,34)(H,32,33)(H,35,36)/t22-,23?,24-,26?/m0/s1. The van der Waals surface area contributed by atoms with Gasteiger partial charge in [0.15, 0.2) is 5.79 Å². The monoisotopic (exact) mass is 536 g/mol. The quantitative estimate of drug-likeness (QED) is 0.204. The second-order valence-electron chi connectivity index (χ2n) is 12.3. The molecule has 0 aromatic rings. The van der Waals surface area contributed by atoms with Crippen LogP contribution in [0.5, 0.6) is 0 Å². The van der Waals surface area contributed by atoms with Crippen LogP contribution in [0, 0.1) is 17.3 Å². The molecule has 2 fully saturated rings. The summed E-state index contributed by atoms with van der Waals surface area (Å²) in [7, 11) is 0. The predicted octanol–water partition coefficient (Wildman–Crippen LogP) is 5.35. The predicted molar refractivity (Wildman–Crippen MR) is 148 cm³/mol. The number of ether oxygens (including phenoxy) is 2. The molecule has 8 heteroatoms. The minimum absolute atomic E-state index is 0.00319. The summed E-state index contributed by atoms with van der Waals surface area (Å²) in [5, 5.41) is 16.1. The highest BCUT2D eigenvalue weighted by Crippen LogP contribution is 2.35. The molecule has 2 rings (SSSR count). The van der Waals surface area contributed by atoms with Crippen molar-refractivity contribution in [3.05, 3.63) is 11.6 Å². The number of nitrogens with one attached hydrogen (secondary N) is 2. The van der Waals surface area contributed by atoms with E-state index in [9.17, 15) is 19.5 Å². The third-order valence-electron chi connectivity index (χ3n) is 7.88. The summed E-state index contributed by atoms with van der Waals surface area (Å²) in [5.74, 6) is -3.35. The Hall–Kier alpha value is -1.93. The zero-order chi connectivity index (χ0) is 28.3. The molecule has 2 amide bonds. The van der Waals surface area contributed by atoms with E-state index in [4.69, 9.17) is 9.47 Å². The van der Waals surface area contributed by atoms with Gasteiger partial charge in [-0.25, -0.2) is 0 Å². The topological polar surface area (TPSA) is 114 Å². The van der Waals surface area contributed by atoms with Crippen molar-refractivity contribution >= 4 is 17.8 Å². The molecule has 1 aliphatic carbocycles. The van der Waals surface area contributed by atoms with Crippen LogP contribution in [0.2, 0.25) is 0 Å². The lowest BCUT2D eigenvalue weighted by atomic mass is 9.76. The minimum atomic E-state index is -0.956. The van der Waals surface area contributed by atoms with Crippen molar-refractivity contribution in [3.8, 4) is 0 Å². The molecule has 3 N–H and O–H groups in total. The lowest BCUT2D eigenvalue weighted by Gasteiger charge is -2.45. The number of rotatable bonds is 14. The Morgan fingerprint density at radius 1 is 1.00 bits per heavy atom. The molecule has 218 valence electrons. The first-order chi connectivity index (χ1) is 17.9. The van der Waals surface area contributed by atoms with E-state index in [1.54, 1.807) is 19.9 Å². The van der Waals surface area contributed by atoms with Gasteiger partial charge >= 0.3 is 5.97 Å². The summed E-state index contributed by atoms with van der Waals surface area (Å²) in [5.41, 5.74) is 0.621. The number of carbonyl (C=O) groups excluding carboxylic acids is 2. The van der Waals surface area contributed by atoms with Crippen molar-refractivity contribution < 1.29 is 29.0 Å². The number of unbranched alkanes of at least 4 members (excludes halogenated alkanes) is 3. The maximum Gasteiger partial charge on any atom is 0.308 e. The van der Waals surface area contributed by atoms with Crippen molar-refractivity contribution in [3.63, 3.8) is 0 Å². The Labute approximate surface area is 229 Å². The highest BCUT2D eigenvalue weighted by Gasteiger charge is 2.46. The van der Waals surface area contributed by atoms with Crippen LogP contribution < -0.4 is 10.6 Å². The molecule has 2 unspecified atom stereocenters. The number of carboxylic acids is 1. The zero-order valence-corrected chi connectivity index (χ0v) is 24.6. The summed E-state index contributed by atoms with van der Waals surface area (Å²) in [6.07, 6.45) is 11.8. The smallest absolute Gasteiger partial charge is 0.308 e. The van der Waals surface area contributed by atoms with Crippen LogP contribution in [0.3, 0.4) is 0 Å². The summed E-state index contributed by atoms with van der Waals surface area (Å²) in [6.45, 7) is 12.0. The maximum absolute atomic E-state index is 13.1. The van der Waals surface area contributed by atoms with Crippen molar-refractivity contribution in [1.29, 1.82) is 0 Å². The van der Waals surface area contributed by atoms with Gasteiger partial charge in [0.2, 0.25) is 11.8 Å². The van der Waals surface area contributed by atoms with Gasteiger partial charge in [0.25, 0.3) is 0 Å². The van der Waals surface area contributed by atoms with Crippen LogP contribution in [0.4, 0.5) is 0 Å². The summed E-state index contributed by atoms with van der Waals surface area (Å²) >= 11 is 0. The van der Waals surface area contributed by atoms with Crippen molar-refractivity contribution in [2.45, 2.75) is 130 Å². The number of hydrogen-bond donors (Lipinski definition) is 3. The fourth-order valence-electron chi connectivity index (χ4n) is 5.65. The molecule has 0 bridgehead atoms. The number of allylic oxidation sites excluding steroid dienone is 1. The van der Waals surface area contributed by atoms with Crippen molar-refractivity contribution in [2.75, 3.05) is 13.2 Å². The Morgan fingerprint density at radius 2 is 1.71 bits per heavy atom. The molecule has 1 saturated heterocycles. The molecule has 0 radical (unpaired) electrons. The van der Waals surface area contributed by atoms with Gasteiger partial charge in [0.1, 0.15) is 6.10 Å². The maximum atomic E-state index is 13.1. The Balaban J connectivity index is 2.06. The zero-order valence-electron chi connectivity index (χ0n) is 24.6. The Morgan fingerprint density at radius 3 is 2.37 bits per heavy atom. The van der Waals surface area contributed by atoms with Gasteiger partial charge in [-0.15, -0.1) is 0 Å². The number of amides is 2. The van der Waals surface area contributed by atoms with E-state index in [-0.39, 0.29) is 30.3 Å². The highest BCUT2D eigenvalue weighted by molar-refractivity contribution is 5.88. The second kappa shape index (κ2) is 15.0. The third-order valence-corrected chi connectivity index (χ3v) is 7.88. The highest BCUT2D eigenvalue weighted by atomic mass is 16.7. The average Bonchev–Trinajstić information content (AvgIpc) is 2.84. The molecule has 38 heavy (non-hydrogen) atoms. The molecule has 8 nitrogen and oxygen atoms in total. The molecule has 0 aromatic heterocycles. The van der Waals surface area contributed by atoms with Gasteiger partial charge in [-0.05, 0) is 51.9 Å². The largest absolute Gasteiger partial charge is 0.481 e. The van der Waals surface area contributed by atoms with Gasteiger partial charge in [-0.1, -0.05) is 71.8 Å². The lowest BCUT2D eigenvalue weighted by molar-refractivity contribution is -0.304. The first-order valence-electron chi connectivity index (χ1n) is 14.7. The third kappa shape index (κ3) is 9.99. The second-order valence-corrected chi connectivity index (χ2v) is 12.3. The van der Waals surface area contributed by atoms with Gasteiger partial charge in [0.05, 0.1) is 12.5 Å². The number of aliphatic carboxylic acids is 1. The summed E-state index contributed by atoms with van der Waals surface area (Å²) in [4.78, 5) is 38.5. The average molecular weight is 537 g/mol. The van der Waals surface area contributed by atoms with E-state index < -0.39 is 29.2 Å². The van der Waals surface area contributed by atoms with Crippen LogP contribution in [0.15, 0.2) is 11.6 Å². The van der Waals surface area contributed by atoms with E-state index in [1.165, 1.54) is 19.3 Å². The molecule has 2 aliphatic rings. The van der Waals surface area contributed by atoms with Gasteiger partial charge < -0.3 is 25.2 Å². The van der Waals surface area contributed by atoms with E-state index in [2.05, 4.69) is 24.5 Å². The van der Waals surface area contributed by atoms with Crippen LogP contribution in [0.1, 0.15) is 112 Å². The lowest BCUT2D eigenvalue weighted by Crippen LogP contribution is -2.57. The molecule has 4 atom stereocenters. The molecule has 0 aromatic carbocycles. The summed E-state index contributed by atoms with van der Waals surface area (Å²) < 4.78 is 11.6. The Bertz CT molecular complexity index is 822. The molecule has 1 heterocycles. The SMILES string of the molecule is CCCCCCC(=CC(=O)N[C@H]1CCCC[C@H]1C(CNC(=O)C1OC(C)(C)OCC1(C)C)C(=O)O)CCC. The fourth-order valence-corrected chi connectivity index (χ4v) is 5.65. The molecular weight excluding hydrogens is 484 g/mol. The van der Waals surface area contributed by atoms with Gasteiger partial charge in [-0.2, -0.15) is 0 Å². The normalized spacial score (nSPS) is 25.8. The molecule has 1 aliphatic heterocycles. The van der Waals surface area contributed by atoms with Crippen LogP contribution in [-0.4, -0.2) is 54.0 Å². The van der Waals surface area contributed by atoms with E-state index in [0.717, 1.165) is 50.5 Å². The van der Waals surface area contributed by atoms with Crippen molar-refractivity contribution in [1.82, 2.24) is 10.6 Å². The number of carboxylic acid groups (broad SMARTS) is 1. The molecular formula is C30H52N2O6. The van der Waals surface area contributed by atoms with E-state index in [0.29, 0.717) is 13.0 Å². The van der Waals surface area contributed by atoms with Crippen LogP contribution in [0.25, 0.3) is 0 Å². The first-order valence-corrected chi connectivity index (χ1v) is 14.7. The number of hydrogen-bond acceptors (Lipinski definition) is 5. The van der Waals surface area contributed by atoms with Gasteiger partial charge in [-0.3, -0.25) is 14.4 Å². The Kier molecular flexibility index (Phi) is 12.8. The van der Waals surface area contributed by atoms with Crippen LogP contribution in [-0.2, 0) is 23.9 Å². The molecule has 1 saturated carbocycles. The van der Waals surface area contributed by atoms with E-state index >= 15 is 0 Å². The number of carbonyl (C=O) groups is 3. The molecule has 0 spiro atoms. The van der Waals surface area contributed by atoms with Gasteiger partial charge in [0, 0.05) is 24.1 Å². The van der Waals surface area contributed by atoms with Crippen molar-refractivity contribution in [2.24, 2.45) is 17.3 Å². The fraction of sp³-hybridized carbons (Fsp3) is 0.833. The summed E-state index contributed by atoms with van der Waals surface area (Å²) in [6, 6.07) is -0.233. The first kappa shape index (κ1) is 32.3. The van der Waals surface area contributed by atoms with Crippen LogP contribution >= 0.6 is 0 Å². The minimum Gasteiger partial charge on any atom is -0.481 e.